The van der Waals surface area contributed by atoms with Gasteiger partial charge in [-0.3, -0.25) is 4.79 Å². The molecule has 0 aliphatic rings. The minimum atomic E-state index is -2.86. The van der Waals surface area contributed by atoms with E-state index in [0.717, 1.165) is 10.9 Å². The lowest BCUT2D eigenvalue weighted by Gasteiger charge is -2.24. The lowest BCUT2D eigenvalue weighted by molar-refractivity contribution is 0.101. The van der Waals surface area contributed by atoms with E-state index < -0.39 is 7.14 Å². The third-order valence-corrected chi connectivity index (χ3v) is 7.53. The van der Waals surface area contributed by atoms with Crippen molar-refractivity contribution in [2.75, 3.05) is 0 Å². The van der Waals surface area contributed by atoms with Crippen molar-refractivity contribution in [3.63, 3.8) is 0 Å². The first-order chi connectivity index (χ1) is 10.9. The summed E-state index contributed by atoms with van der Waals surface area (Å²) in [6.07, 6.45) is 0. The van der Waals surface area contributed by atoms with Crippen LogP contribution in [0.25, 0.3) is 5.31 Å². The zero-order valence-corrected chi connectivity index (χ0v) is 14.6. The summed E-state index contributed by atoms with van der Waals surface area (Å²) in [7, 11) is -2.86. The molecular formula is C20H21O2P. The molecule has 2 rings (SSSR count). The van der Waals surface area contributed by atoms with Crippen LogP contribution in [-0.4, -0.2) is 11.4 Å². The van der Waals surface area contributed by atoms with Crippen molar-refractivity contribution in [3.8, 4) is 0 Å². The van der Waals surface area contributed by atoms with E-state index in [9.17, 15) is 9.36 Å². The summed E-state index contributed by atoms with van der Waals surface area (Å²) in [6, 6.07) is 16.6. The van der Waals surface area contributed by atoms with Gasteiger partial charge in [0.05, 0.1) is 5.31 Å². The van der Waals surface area contributed by atoms with Crippen LogP contribution in [0, 0.1) is 0 Å². The van der Waals surface area contributed by atoms with Crippen molar-refractivity contribution in [2.45, 2.75) is 26.4 Å². The molecule has 0 N–H and O–H groups in total. The lowest BCUT2D eigenvalue weighted by atomic mass is 10.1. The maximum absolute atomic E-state index is 13.9. The number of benzene rings is 2. The highest BCUT2D eigenvalue weighted by Gasteiger charge is 2.34. The van der Waals surface area contributed by atoms with E-state index in [1.165, 1.54) is 6.92 Å². The minimum Gasteiger partial charge on any atom is -0.313 e. The number of carbonyl (C=O) groups is 1. The monoisotopic (exact) mass is 324 g/mol. The van der Waals surface area contributed by atoms with E-state index in [1.807, 2.05) is 56.3 Å². The Hall–Kier alpha value is -2.14. The van der Waals surface area contributed by atoms with Crippen LogP contribution >= 0.6 is 7.14 Å². The van der Waals surface area contributed by atoms with Gasteiger partial charge in [0.15, 0.2) is 12.9 Å². The molecule has 23 heavy (non-hydrogen) atoms. The van der Waals surface area contributed by atoms with Crippen LogP contribution in [0.1, 0.15) is 36.7 Å². The lowest BCUT2D eigenvalue weighted by Crippen LogP contribution is -2.13. The van der Waals surface area contributed by atoms with E-state index in [1.54, 1.807) is 12.1 Å². The smallest absolute Gasteiger partial charge is 0.159 e. The van der Waals surface area contributed by atoms with Gasteiger partial charge in [0.1, 0.15) is 0 Å². The second-order valence-corrected chi connectivity index (χ2v) is 9.06. The second-order valence-electron chi connectivity index (χ2n) is 5.75. The van der Waals surface area contributed by atoms with E-state index in [-0.39, 0.29) is 11.4 Å². The fourth-order valence-corrected chi connectivity index (χ4v) is 5.36. The summed E-state index contributed by atoms with van der Waals surface area (Å²) in [5.41, 5.74) is 4.27. The standard InChI is InChI=1S/C20H21O2P/c1-5-20(18-13-11-17(12-14-18)16(4)21)23(22,15(2)3)19-9-7-6-8-10-19/h6-15H,1H2,2-4H3/t23-/m0/s1. The average molecular weight is 324 g/mol. The molecule has 0 amide bonds. The maximum Gasteiger partial charge on any atom is 0.159 e. The van der Waals surface area contributed by atoms with Gasteiger partial charge in [0.25, 0.3) is 0 Å². The summed E-state index contributed by atoms with van der Waals surface area (Å²) < 4.78 is 13.9. The topological polar surface area (TPSA) is 34.1 Å². The van der Waals surface area contributed by atoms with E-state index >= 15 is 0 Å². The zero-order chi connectivity index (χ0) is 17.0. The SMILES string of the molecule is C=C=C(c1ccc(C(C)=O)cc1)[P@@](=O)(c1ccccc1)C(C)C. The quantitative estimate of drug-likeness (QED) is 0.435. The number of hydrogen-bond donors (Lipinski definition) is 0. The highest BCUT2D eigenvalue weighted by atomic mass is 31.2. The zero-order valence-electron chi connectivity index (χ0n) is 13.7. The maximum atomic E-state index is 13.9. The second kappa shape index (κ2) is 6.96. The number of hydrogen-bond acceptors (Lipinski definition) is 2. The molecule has 118 valence electrons. The largest absolute Gasteiger partial charge is 0.313 e. The van der Waals surface area contributed by atoms with Gasteiger partial charge in [-0.2, -0.15) is 0 Å². The fourth-order valence-electron chi connectivity index (χ4n) is 2.61. The molecule has 0 radical (unpaired) electrons. The molecule has 0 aromatic heterocycles. The molecule has 0 bridgehead atoms. The Kier molecular flexibility index (Phi) is 5.21. The molecule has 0 fully saturated rings. The Balaban J connectivity index is 2.60. The van der Waals surface area contributed by atoms with E-state index in [2.05, 4.69) is 12.3 Å². The van der Waals surface area contributed by atoms with E-state index in [4.69, 9.17) is 0 Å². The number of Topliss-reactive ketones (excluding diaryl/α,β-unsaturated/α-hetero) is 1. The molecule has 0 aliphatic carbocycles. The highest BCUT2D eigenvalue weighted by molar-refractivity contribution is 7.81. The third kappa shape index (κ3) is 3.29. The number of rotatable bonds is 5. The molecule has 0 aliphatic heterocycles. The number of ketones is 1. The van der Waals surface area contributed by atoms with Gasteiger partial charge in [0.2, 0.25) is 0 Å². The normalized spacial score (nSPS) is 13.2. The first-order valence-electron chi connectivity index (χ1n) is 7.58. The van der Waals surface area contributed by atoms with Crippen molar-refractivity contribution in [3.05, 3.63) is 78.0 Å². The van der Waals surface area contributed by atoms with Crippen molar-refractivity contribution in [2.24, 2.45) is 0 Å². The van der Waals surface area contributed by atoms with Crippen LogP contribution < -0.4 is 5.30 Å². The average Bonchev–Trinajstić information content (AvgIpc) is 2.56. The van der Waals surface area contributed by atoms with Gasteiger partial charge < -0.3 is 4.57 Å². The molecule has 0 unspecified atom stereocenters. The van der Waals surface area contributed by atoms with Gasteiger partial charge in [-0.25, -0.2) is 0 Å². The predicted octanol–water partition coefficient (Wildman–Crippen LogP) is 5.11. The first-order valence-corrected chi connectivity index (χ1v) is 9.36. The van der Waals surface area contributed by atoms with Crippen molar-refractivity contribution in [1.29, 1.82) is 0 Å². The first kappa shape index (κ1) is 17.2. The van der Waals surface area contributed by atoms with Gasteiger partial charge >= 0.3 is 0 Å². The third-order valence-electron chi connectivity index (χ3n) is 3.93. The van der Waals surface area contributed by atoms with Crippen LogP contribution in [-0.2, 0) is 4.57 Å². The predicted molar refractivity (Wildman–Crippen MR) is 97.8 cm³/mol. The van der Waals surface area contributed by atoms with Gasteiger partial charge in [0, 0.05) is 16.5 Å². The Labute approximate surface area is 137 Å². The molecule has 0 heterocycles. The summed E-state index contributed by atoms with van der Waals surface area (Å²) in [6.45, 7) is 9.20. The summed E-state index contributed by atoms with van der Waals surface area (Å²) in [5, 5.41) is 1.42. The fraction of sp³-hybridized carbons (Fsp3) is 0.200. The molecule has 2 aromatic carbocycles. The van der Waals surface area contributed by atoms with Crippen LogP contribution in [0.4, 0.5) is 0 Å². The molecular weight excluding hydrogens is 303 g/mol. The van der Waals surface area contributed by atoms with Crippen molar-refractivity contribution >= 4 is 23.5 Å². The van der Waals surface area contributed by atoms with Crippen LogP contribution in [0.5, 0.6) is 0 Å². The molecule has 1 atom stereocenters. The van der Waals surface area contributed by atoms with Gasteiger partial charge in [-0.05, 0) is 12.5 Å². The Morgan fingerprint density at radius 3 is 1.96 bits per heavy atom. The highest BCUT2D eigenvalue weighted by Crippen LogP contribution is 2.60. The van der Waals surface area contributed by atoms with Crippen LogP contribution in [0.2, 0.25) is 0 Å². The van der Waals surface area contributed by atoms with Crippen molar-refractivity contribution < 1.29 is 9.36 Å². The van der Waals surface area contributed by atoms with Crippen LogP contribution in [0.3, 0.4) is 0 Å². The molecule has 0 saturated heterocycles. The van der Waals surface area contributed by atoms with Crippen LogP contribution in [0.15, 0.2) is 66.9 Å². The summed E-state index contributed by atoms with van der Waals surface area (Å²) >= 11 is 0. The van der Waals surface area contributed by atoms with Gasteiger partial charge in [-0.15, -0.1) is 5.73 Å². The molecule has 0 spiro atoms. The molecule has 2 nitrogen and oxygen atoms in total. The Morgan fingerprint density at radius 1 is 1.00 bits per heavy atom. The summed E-state index contributed by atoms with van der Waals surface area (Å²) in [4.78, 5) is 11.4. The Morgan fingerprint density at radius 2 is 1.52 bits per heavy atom. The molecule has 2 aromatic rings. The summed E-state index contributed by atoms with van der Waals surface area (Å²) in [5.74, 6) is 0.00999. The molecule has 0 saturated carbocycles. The Bertz CT molecular complexity index is 795. The number of carbonyl (C=O) groups excluding carboxylic acids is 1. The molecule has 3 heteroatoms. The van der Waals surface area contributed by atoms with Crippen molar-refractivity contribution in [1.82, 2.24) is 0 Å². The minimum absolute atomic E-state index is 0.00999. The van der Waals surface area contributed by atoms with Gasteiger partial charge in [-0.1, -0.05) is 75.0 Å². The van der Waals surface area contributed by atoms with E-state index in [0.29, 0.717) is 10.9 Å².